The Labute approximate surface area is 155 Å². The summed E-state index contributed by atoms with van der Waals surface area (Å²) in [5.74, 6) is 0.744. The van der Waals surface area contributed by atoms with Crippen LogP contribution in [-0.4, -0.2) is 33.0 Å². The minimum Gasteiger partial charge on any atom is -0.360 e. The van der Waals surface area contributed by atoms with Crippen molar-refractivity contribution in [1.82, 2.24) is 10.1 Å². The largest absolute Gasteiger partial charge is 0.360 e. The summed E-state index contributed by atoms with van der Waals surface area (Å²) in [6.45, 7) is 9.69. The molecule has 0 saturated heterocycles. The minimum atomic E-state index is -0.399. The number of aromatic nitrogens is 2. The first-order chi connectivity index (χ1) is 11.6. The van der Waals surface area contributed by atoms with Gasteiger partial charge < -0.3 is 15.2 Å². The predicted octanol–water partition coefficient (Wildman–Crippen LogP) is 3.44. The lowest BCUT2D eigenvalue weighted by atomic mass is 9.93. The molecular weight excluding hydrogens is 360 g/mol. The summed E-state index contributed by atoms with van der Waals surface area (Å²) in [6.07, 6.45) is 0. The number of hydrogen-bond acceptors (Lipinski definition) is 7. The van der Waals surface area contributed by atoms with Crippen LogP contribution in [0.3, 0.4) is 0 Å². The maximum atomic E-state index is 12.1. The highest BCUT2D eigenvalue weighted by Gasteiger charge is 2.19. The van der Waals surface area contributed by atoms with E-state index in [1.165, 1.54) is 23.1 Å². The zero-order valence-electron chi connectivity index (χ0n) is 14.9. The molecule has 2 N–H and O–H groups in total. The van der Waals surface area contributed by atoms with Crippen LogP contribution in [0.1, 0.15) is 39.1 Å². The summed E-state index contributed by atoms with van der Waals surface area (Å²) in [5, 5.41) is 11.2. The molecule has 2 amide bonds. The molecule has 0 radical (unpaired) electrons. The zero-order valence-corrected chi connectivity index (χ0v) is 16.5. The molecule has 0 aromatic carbocycles. The maximum absolute atomic E-state index is 12.1. The van der Waals surface area contributed by atoms with Gasteiger partial charge in [-0.25, -0.2) is 4.98 Å². The van der Waals surface area contributed by atoms with Crippen LogP contribution in [0.2, 0.25) is 0 Å². The fraction of sp³-hybridized carbons (Fsp3) is 0.500. The average Bonchev–Trinajstić information content (AvgIpc) is 3.13. The number of carbonyl (C=O) groups is 2. The molecule has 9 heteroatoms. The van der Waals surface area contributed by atoms with Crippen LogP contribution >= 0.6 is 23.1 Å². The highest BCUT2D eigenvalue weighted by Crippen LogP contribution is 2.26. The van der Waals surface area contributed by atoms with Crippen LogP contribution in [-0.2, 0) is 15.0 Å². The van der Waals surface area contributed by atoms with Crippen LogP contribution in [0.5, 0.6) is 0 Å². The van der Waals surface area contributed by atoms with Crippen molar-refractivity contribution in [1.29, 1.82) is 0 Å². The first-order valence-corrected chi connectivity index (χ1v) is 9.69. The topological polar surface area (TPSA) is 97.1 Å². The molecule has 25 heavy (non-hydrogen) atoms. The second kappa shape index (κ2) is 8.01. The summed E-state index contributed by atoms with van der Waals surface area (Å²) in [4.78, 5) is 28.5. The maximum Gasteiger partial charge on any atom is 0.238 e. The number of amides is 2. The third kappa shape index (κ3) is 5.86. The molecule has 136 valence electrons. The Bertz CT molecular complexity index is 749. The van der Waals surface area contributed by atoms with Crippen molar-refractivity contribution in [3.8, 4) is 0 Å². The Kier molecular flexibility index (Phi) is 6.23. The van der Waals surface area contributed by atoms with Gasteiger partial charge in [0.1, 0.15) is 5.76 Å². The lowest BCUT2D eigenvalue weighted by Crippen LogP contribution is -2.25. The van der Waals surface area contributed by atoms with E-state index in [4.69, 9.17) is 4.52 Å². The van der Waals surface area contributed by atoms with Crippen molar-refractivity contribution in [2.75, 3.05) is 16.4 Å². The van der Waals surface area contributed by atoms with Crippen LogP contribution in [0.25, 0.3) is 0 Å². The third-order valence-corrected chi connectivity index (χ3v) is 5.13. The smallest absolute Gasteiger partial charge is 0.238 e. The van der Waals surface area contributed by atoms with Crippen molar-refractivity contribution in [3.05, 3.63) is 22.9 Å². The molecule has 0 aliphatic carbocycles. The van der Waals surface area contributed by atoms with E-state index in [9.17, 15) is 9.59 Å². The Balaban J connectivity index is 1.79. The van der Waals surface area contributed by atoms with Crippen molar-refractivity contribution in [3.63, 3.8) is 0 Å². The summed E-state index contributed by atoms with van der Waals surface area (Å²) < 4.78 is 4.89. The molecule has 2 aromatic heterocycles. The van der Waals surface area contributed by atoms with E-state index in [0.29, 0.717) is 16.7 Å². The number of thioether (sulfide) groups is 1. The summed E-state index contributed by atoms with van der Waals surface area (Å²) in [6, 6.07) is 1.64. The minimum absolute atomic E-state index is 0.0553. The second-order valence-electron chi connectivity index (χ2n) is 6.60. The van der Waals surface area contributed by atoms with Gasteiger partial charge in [-0.1, -0.05) is 25.9 Å². The van der Waals surface area contributed by atoms with Gasteiger partial charge in [0.15, 0.2) is 10.9 Å². The lowest BCUT2D eigenvalue weighted by molar-refractivity contribution is -0.115. The highest BCUT2D eigenvalue weighted by molar-refractivity contribution is 8.01. The number of anilines is 2. The first-order valence-electron chi connectivity index (χ1n) is 7.77. The monoisotopic (exact) mass is 382 g/mol. The van der Waals surface area contributed by atoms with Crippen LogP contribution in [0.4, 0.5) is 10.9 Å². The predicted molar refractivity (Wildman–Crippen MR) is 101 cm³/mol. The molecular formula is C16H22N4O3S2. The number of thiazole rings is 1. The molecule has 2 rings (SSSR count). The summed E-state index contributed by atoms with van der Waals surface area (Å²) in [7, 11) is 0. The van der Waals surface area contributed by atoms with Crippen molar-refractivity contribution >= 4 is 45.9 Å². The van der Waals surface area contributed by atoms with Gasteiger partial charge in [0, 0.05) is 16.9 Å². The van der Waals surface area contributed by atoms with Gasteiger partial charge >= 0.3 is 0 Å². The lowest BCUT2D eigenvalue weighted by Gasteiger charge is -2.14. The van der Waals surface area contributed by atoms with E-state index >= 15 is 0 Å². The molecule has 0 unspecified atom stereocenters. The Morgan fingerprint density at radius 2 is 2.08 bits per heavy atom. The van der Waals surface area contributed by atoms with E-state index in [1.807, 2.05) is 5.38 Å². The molecule has 0 fully saturated rings. The first kappa shape index (κ1) is 19.5. The third-order valence-electron chi connectivity index (χ3n) is 3.23. The van der Waals surface area contributed by atoms with E-state index in [2.05, 4.69) is 41.5 Å². The van der Waals surface area contributed by atoms with Crippen LogP contribution in [0, 0.1) is 6.92 Å². The van der Waals surface area contributed by atoms with Gasteiger partial charge in [-0.2, -0.15) is 0 Å². The van der Waals surface area contributed by atoms with Gasteiger partial charge in [-0.15, -0.1) is 23.1 Å². The molecule has 2 heterocycles. The Morgan fingerprint density at radius 3 is 2.64 bits per heavy atom. The zero-order chi connectivity index (χ0) is 18.6. The van der Waals surface area contributed by atoms with E-state index in [0.717, 1.165) is 5.69 Å². The van der Waals surface area contributed by atoms with E-state index in [-0.39, 0.29) is 23.0 Å². The molecule has 0 saturated carbocycles. The fourth-order valence-corrected chi connectivity index (χ4v) is 3.40. The van der Waals surface area contributed by atoms with Crippen LogP contribution in [0.15, 0.2) is 16.0 Å². The molecule has 0 spiro atoms. The Morgan fingerprint density at radius 1 is 1.36 bits per heavy atom. The van der Waals surface area contributed by atoms with E-state index < -0.39 is 5.25 Å². The molecule has 0 aliphatic rings. The van der Waals surface area contributed by atoms with Gasteiger partial charge in [0.25, 0.3) is 0 Å². The SMILES string of the molecule is Cc1cc(NC(=O)[C@@H](C)SCC(=O)Nc2nc(C(C)(C)C)cs2)no1. The number of hydrogen-bond donors (Lipinski definition) is 2. The standard InChI is InChI=1S/C16H22N4O3S2/c1-9-6-12(20-23-9)18-14(22)10(2)24-8-13(21)19-15-17-11(7-25-15)16(3,4)5/h6-7,10H,8H2,1-5H3,(H,17,19,21)(H,18,20,22)/t10-/m1/s1. The second-order valence-corrected chi connectivity index (χ2v) is 8.79. The molecule has 2 aromatic rings. The molecule has 0 bridgehead atoms. The van der Waals surface area contributed by atoms with Gasteiger partial charge in [0.2, 0.25) is 11.8 Å². The van der Waals surface area contributed by atoms with Crippen molar-refractivity contribution < 1.29 is 14.1 Å². The van der Waals surface area contributed by atoms with Gasteiger partial charge in [0.05, 0.1) is 16.7 Å². The average molecular weight is 383 g/mol. The molecule has 1 atom stereocenters. The summed E-state index contributed by atoms with van der Waals surface area (Å²) >= 11 is 2.64. The van der Waals surface area contributed by atoms with Gasteiger partial charge in [-0.05, 0) is 13.8 Å². The van der Waals surface area contributed by atoms with Gasteiger partial charge in [-0.3, -0.25) is 9.59 Å². The Hall–Kier alpha value is -1.87. The fourth-order valence-electron chi connectivity index (χ4n) is 1.76. The van der Waals surface area contributed by atoms with Crippen molar-refractivity contribution in [2.45, 2.75) is 45.3 Å². The normalized spacial score (nSPS) is 12.7. The number of nitrogens with zero attached hydrogens (tertiary/aromatic N) is 2. The number of rotatable bonds is 6. The van der Waals surface area contributed by atoms with Crippen molar-refractivity contribution in [2.24, 2.45) is 0 Å². The quantitative estimate of drug-likeness (QED) is 0.794. The number of aryl methyl sites for hydroxylation is 1. The molecule has 7 nitrogen and oxygen atoms in total. The van der Waals surface area contributed by atoms with Crippen LogP contribution < -0.4 is 10.6 Å². The van der Waals surface area contributed by atoms with E-state index in [1.54, 1.807) is 19.9 Å². The molecule has 0 aliphatic heterocycles. The summed E-state index contributed by atoms with van der Waals surface area (Å²) in [5.41, 5.74) is 0.886. The number of nitrogens with one attached hydrogen (secondary N) is 2. The number of carbonyl (C=O) groups excluding carboxylic acids is 2. The highest BCUT2D eigenvalue weighted by atomic mass is 32.2.